The summed E-state index contributed by atoms with van der Waals surface area (Å²) in [4.78, 5) is 28.7. The van der Waals surface area contributed by atoms with Crippen molar-refractivity contribution >= 4 is 55.6 Å². The monoisotopic (exact) mass is 480 g/mol. The number of para-hydroxylation sites is 1. The molecule has 1 saturated heterocycles. The summed E-state index contributed by atoms with van der Waals surface area (Å²) in [6, 6.07) is 9.01. The van der Waals surface area contributed by atoms with Crippen molar-refractivity contribution in [2.75, 3.05) is 27.1 Å². The molecule has 1 aliphatic carbocycles. The number of carbonyl (C=O) groups excluding carboxylic acids is 2. The van der Waals surface area contributed by atoms with E-state index in [4.69, 9.17) is 0 Å². The van der Waals surface area contributed by atoms with E-state index in [0.29, 0.717) is 28.0 Å². The van der Waals surface area contributed by atoms with Gasteiger partial charge in [0.1, 0.15) is 0 Å². The minimum Gasteiger partial charge on any atom is -0.308 e. The van der Waals surface area contributed by atoms with Crippen LogP contribution >= 0.6 is 23.1 Å². The topological polar surface area (TPSA) is 101 Å². The zero-order valence-electron chi connectivity index (χ0n) is 17.1. The van der Waals surface area contributed by atoms with E-state index in [0.717, 1.165) is 12.8 Å². The van der Waals surface area contributed by atoms with E-state index in [2.05, 4.69) is 10.2 Å². The molecule has 2 fully saturated rings. The highest BCUT2D eigenvalue weighted by Gasteiger charge is 2.36. The normalized spacial score (nSPS) is 19.8. The highest BCUT2D eigenvalue weighted by Crippen LogP contribution is 2.36. The molecule has 0 spiro atoms. The molecule has 8 nitrogen and oxygen atoms in total. The van der Waals surface area contributed by atoms with Gasteiger partial charge in [-0.15, -0.1) is 10.2 Å². The molecule has 1 aromatic carbocycles. The molecule has 11 heteroatoms. The molecule has 1 aromatic heterocycles. The number of amides is 2. The van der Waals surface area contributed by atoms with E-state index in [-0.39, 0.29) is 41.2 Å². The SMILES string of the molecule is CCC(=O)N(c1nnc(SCC(=O)N(c2ccccc2)C2CCS(=O)(=O)C2)s1)C1CC1. The Morgan fingerprint density at radius 3 is 2.42 bits per heavy atom. The number of carbonyl (C=O) groups is 2. The van der Waals surface area contributed by atoms with Crippen molar-refractivity contribution in [1.29, 1.82) is 0 Å². The van der Waals surface area contributed by atoms with Gasteiger partial charge in [-0.2, -0.15) is 0 Å². The number of anilines is 2. The van der Waals surface area contributed by atoms with Gasteiger partial charge in [-0.25, -0.2) is 8.42 Å². The van der Waals surface area contributed by atoms with Gasteiger partial charge in [-0.05, 0) is 31.4 Å². The maximum absolute atomic E-state index is 13.1. The number of thioether (sulfide) groups is 1. The standard InChI is InChI=1S/C20H24N4O4S3/c1-2-17(25)24(15-8-9-15)19-21-22-20(30-19)29-12-18(26)23(14-6-4-3-5-7-14)16-10-11-31(27,28)13-16/h3-7,15-16H,2,8-13H2,1H3. The number of nitrogens with zero attached hydrogens (tertiary/aromatic N) is 4. The fourth-order valence-corrected chi connectivity index (χ4v) is 7.14. The Labute approximate surface area is 189 Å². The maximum Gasteiger partial charge on any atom is 0.237 e. The molecule has 31 heavy (non-hydrogen) atoms. The van der Waals surface area contributed by atoms with Crippen molar-refractivity contribution in [3.8, 4) is 0 Å². The number of sulfone groups is 1. The number of hydrogen-bond acceptors (Lipinski definition) is 8. The molecule has 4 rings (SSSR count). The highest BCUT2D eigenvalue weighted by molar-refractivity contribution is 8.01. The minimum atomic E-state index is -3.13. The van der Waals surface area contributed by atoms with Crippen molar-refractivity contribution in [3.05, 3.63) is 30.3 Å². The first-order chi connectivity index (χ1) is 14.9. The van der Waals surface area contributed by atoms with Crippen molar-refractivity contribution < 1.29 is 18.0 Å². The number of rotatable bonds is 8. The highest BCUT2D eigenvalue weighted by atomic mass is 32.2. The first-order valence-corrected chi connectivity index (χ1v) is 13.9. The predicted molar refractivity (Wildman–Crippen MR) is 122 cm³/mol. The van der Waals surface area contributed by atoms with Gasteiger partial charge in [0, 0.05) is 18.2 Å². The van der Waals surface area contributed by atoms with Crippen LogP contribution in [0, 0.1) is 0 Å². The predicted octanol–water partition coefficient (Wildman–Crippen LogP) is 2.76. The van der Waals surface area contributed by atoms with Gasteiger partial charge in [0.25, 0.3) is 0 Å². The van der Waals surface area contributed by atoms with E-state index in [1.54, 1.807) is 9.80 Å². The Bertz CT molecular complexity index is 1050. The van der Waals surface area contributed by atoms with Crippen LogP contribution in [-0.4, -0.2) is 59.8 Å². The van der Waals surface area contributed by atoms with Gasteiger partial charge < -0.3 is 4.90 Å². The summed E-state index contributed by atoms with van der Waals surface area (Å²) in [5.41, 5.74) is 0.696. The second-order valence-corrected chi connectivity index (χ2v) is 12.1. The van der Waals surface area contributed by atoms with E-state index in [9.17, 15) is 18.0 Å². The van der Waals surface area contributed by atoms with Gasteiger partial charge in [0.05, 0.1) is 23.3 Å². The van der Waals surface area contributed by atoms with Gasteiger partial charge in [-0.3, -0.25) is 14.5 Å². The van der Waals surface area contributed by atoms with Gasteiger partial charge in [0.15, 0.2) is 14.2 Å². The lowest BCUT2D eigenvalue weighted by Crippen LogP contribution is -2.42. The molecule has 2 heterocycles. The Morgan fingerprint density at radius 1 is 1.06 bits per heavy atom. The van der Waals surface area contributed by atoms with Crippen LogP contribution in [0.2, 0.25) is 0 Å². The van der Waals surface area contributed by atoms with Crippen LogP contribution in [0.5, 0.6) is 0 Å². The van der Waals surface area contributed by atoms with Crippen LogP contribution in [0.4, 0.5) is 10.8 Å². The van der Waals surface area contributed by atoms with Crippen molar-refractivity contribution in [2.45, 2.75) is 49.0 Å². The molecule has 0 radical (unpaired) electrons. The molecule has 2 aromatic rings. The number of benzene rings is 1. The lowest BCUT2D eigenvalue weighted by Gasteiger charge is -2.28. The summed E-state index contributed by atoms with van der Waals surface area (Å²) in [5, 5.41) is 8.91. The summed E-state index contributed by atoms with van der Waals surface area (Å²) in [6.45, 7) is 1.83. The van der Waals surface area contributed by atoms with Crippen molar-refractivity contribution in [2.24, 2.45) is 0 Å². The van der Waals surface area contributed by atoms with Crippen LogP contribution in [-0.2, 0) is 19.4 Å². The van der Waals surface area contributed by atoms with E-state index < -0.39 is 9.84 Å². The van der Waals surface area contributed by atoms with Crippen LogP contribution in [0.15, 0.2) is 34.7 Å². The molecule has 2 amide bonds. The fraction of sp³-hybridized carbons (Fsp3) is 0.500. The van der Waals surface area contributed by atoms with Crippen LogP contribution < -0.4 is 9.80 Å². The molecule has 2 aliphatic rings. The van der Waals surface area contributed by atoms with E-state index in [1.807, 2.05) is 37.3 Å². The number of hydrogen-bond donors (Lipinski definition) is 0. The lowest BCUT2D eigenvalue weighted by molar-refractivity contribution is -0.118. The summed E-state index contributed by atoms with van der Waals surface area (Å²) in [5.74, 6) is 0.0636. The van der Waals surface area contributed by atoms with Gasteiger partial charge >= 0.3 is 0 Å². The third-order valence-electron chi connectivity index (χ3n) is 5.28. The molecule has 166 valence electrons. The summed E-state index contributed by atoms with van der Waals surface area (Å²) in [6.07, 6.45) is 2.80. The second kappa shape index (κ2) is 9.25. The van der Waals surface area contributed by atoms with Gasteiger partial charge in [-0.1, -0.05) is 48.2 Å². The van der Waals surface area contributed by atoms with E-state index >= 15 is 0 Å². The van der Waals surface area contributed by atoms with Crippen LogP contribution in [0.1, 0.15) is 32.6 Å². The lowest BCUT2D eigenvalue weighted by atomic mass is 10.2. The van der Waals surface area contributed by atoms with Gasteiger partial charge in [0.2, 0.25) is 16.9 Å². The van der Waals surface area contributed by atoms with Crippen molar-refractivity contribution in [3.63, 3.8) is 0 Å². The third-order valence-corrected chi connectivity index (χ3v) is 9.07. The quantitative estimate of drug-likeness (QED) is 0.423. The molecule has 0 N–H and O–H groups in total. The Kier molecular flexibility index (Phi) is 6.63. The molecule has 0 bridgehead atoms. The second-order valence-electron chi connectivity index (χ2n) is 7.64. The maximum atomic E-state index is 13.1. The molecular formula is C20H24N4O4S3. The minimum absolute atomic E-state index is 0.0171. The summed E-state index contributed by atoms with van der Waals surface area (Å²) >= 11 is 2.58. The average molecular weight is 481 g/mol. The Morgan fingerprint density at radius 2 is 1.81 bits per heavy atom. The molecule has 1 saturated carbocycles. The molecule has 1 aliphatic heterocycles. The Balaban J connectivity index is 1.46. The first kappa shape index (κ1) is 22.2. The van der Waals surface area contributed by atoms with Crippen molar-refractivity contribution in [1.82, 2.24) is 10.2 Å². The zero-order chi connectivity index (χ0) is 22.0. The average Bonchev–Trinajstić information content (AvgIpc) is 3.37. The zero-order valence-corrected chi connectivity index (χ0v) is 19.6. The largest absolute Gasteiger partial charge is 0.308 e. The summed E-state index contributed by atoms with van der Waals surface area (Å²) in [7, 11) is -3.13. The Hall–Kier alpha value is -1.98. The van der Waals surface area contributed by atoms with E-state index in [1.165, 1.54) is 23.1 Å². The summed E-state index contributed by atoms with van der Waals surface area (Å²) < 4.78 is 24.6. The number of aromatic nitrogens is 2. The third kappa shape index (κ3) is 5.27. The molecule has 1 atom stereocenters. The first-order valence-electron chi connectivity index (χ1n) is 10.2. The fourth-order valence-electron chi connectivity index (χ4n) is 3.65. The molecular weight excluding hydrogens is 456 g/mol. The van der Waals surface area contributed by atoms with Crippen LogP contribution in [0.25, 0.3) is 0 Å². The smallest absolute Gasteiger partial charge is 0.237 e. The van der Waals surface area contributed by atoms with Crippen LogP contribution in [0.3, 0.4) is 0 Å². The molecule has 1 unspecified atom stereocenters.